The highest BCUT2D eigenvalue weighted by Crippen LogP contribution is 2.30. The highest BCUT2D eigenvalue weighted by Gasteiger charge is 2.35. The number of hydrogen-bond acceptors (Lipinski definition) is 4. The number of fused-ring (bicyclic) bond motifs is 1. The molecule has 0 radical (unpaired) electrons. The van der Waals surface area contributed by atoms with Crippen LogP contribution in [0.5, 0.6) is 5.75 Å². The van der Waals surface area contributed by atoms with Crippen molar-refractivity contribution in [3.8, 4) is 22.6 Å². The summed E-state index contributed by atoms with van der Waals surface area (Å²) in [6.07, 6.45) is 3.23. The summed E-state index contributed by atoms with van der Waals surface area (Å²) < 4.78 is 28.8. The van der Waals surface area contributed by atoms with E-state index in [4.69, 9.17) is 0 Å². The van der Waals surface area contributed by atoms with Crippen molar-refractivity contribution in [3.63, 3.8) is 0 Å². The summed E-state index contributed by atoms with van der Waals surface area (Å²) in [5, 5.41) is 9.22. The number of phenols is 1. The number of phenolic OH excluding ortho intramolecular Hbond substituents is 1. The van der Waals surface area contributed by atoms with Gasteiger partial charge in [-0.05, 0) is 72.5 Å². The van der Waals surface area contributed by atoms with Crippen LogP contribution in [-0.4, -0.2) is 28.3 Å². The van der Waals surface area contributed by atoms with Crippen LogP contribution in [0.3, 0.4) is 0 Å². The molecule has 0 atom stereocenters. The fraction of sp³-hybridized carbons (Fsp3) is 0.136. The second kappa shape index (κ2) is 6.63. The standard InChI is InChI=1S/C22H19N3O3S/c26-19-8-1-15(2-9-19)16-3-12-22-21(13-16)23-14-25(22)18-6-4-17(5-7-18)24-29(27,28)20-10-11-20/h1-9,12-14,20,24,26H,10-11H2. The first kappa shape index (κ1) is 17.8. The molecule has 1 aromatic heterocycles. The minimum absolute atomic E-state index is 0.238. The topological polar surface area (TPSA) is 84.2 Å². The van der Waals surface area contributed by atoms with Crippen LogP contribution in [0.15, 0.2) is 73.1 Å². The number of rotatable bonds is 5. The third-order valence-corrected chi connectivity index (χ3v) is 6.99. The van der Waals surface area contributed by atoms with Crippen LogP contribution < -0.4 is 4.72 Å². The lowest BCUT2D eigenvalue weighted by molar-refractivity contribution is 0.475. The van der Waals surface area contributed by atoms with Gasteiger partial charge in [0.15, 0.2) is 0 Å². The zero-order valence-electron chi connectivity index (χ0n) is 15.5. The van der Waals surface area contributed by atoms with Gasteiger partial charge in [0.05, 0.1) is 16.3 Å². The SMILES string of the molecule is O=S(=O)(Nc1ccc(-n2cnc3cc(-c4ccc(O)cc4)ccc32)cc1)C1CC1. The molecule has 1 aliphatic rings. The smallest absolute Gasteiger partial charge is 0.235 e. The van der Waals surface area contributed by atoms with Crippen molar-refractivity contribution in [3.05, 3.63) is 73.1 Å². The van der Waals surface area contributed by atoms with E-state index in [0.717, 1.165) is 40.7 Å². The van der Waals surface area contributed by atoms with Gasteiger partial charge in [-0.3, -0.25) is 9.29 Å². The van der Waals surface area contributed by atoms with E-state index in [0.29, 0.717) is 5.69 Å². The summed E-state index contributed by atoms with van der Waals surface area (Å²) in [6.45, 7) is 0. The molecule has 0 bridgehead atoms. The Morgan fingerprint density at radius 1 is 0.931 bits per heavy atom. The van der Waals surface area contributed by atoms with Crippen molar-refractivity contribution in [1.29, 1.82) is 0 Å². The first-order valence-electron chi connectivity index (χ1n) is 9.38. The Labute approximate surface area is 168 Å². The Morgan fingerprint density at radius 2 is 1.62 bits per heavy atom. The summed E-state index contributed by atoms with van der Waals surface area (Å²) in [4.78, 5) is 4.51. The van der Waals surface area contributed by atoms with Crippen LogP contribution in [0.1, 0.15) is 12.8 Å². The van der Waals surface area contributed by atoms with Crippen molar-refractivity contribution in [2.24, 2.45) is 0 Å². The van der Waals surface area contributed by atoms with Crippen molar-refractivity contribution < 1.29 is 13.5 Å². The molecule has 4 aromatic rings. The van der Waals surface area contributed by atoms with Gasteiger partial charge in [0.2, 0.25) is 10.0 Å². The molecule has 1 heterocycles. The number of nitrogens with one attached hydrogen (secondary N) is 1. The molecule has 0 spiro atoms. The number of hydrogen-bond donors (Lipinski definition) is 2. The van der Waals surface area contributed by atoms with Crippen molar-refractivity contribution in [2.45, 2.75) is 18.1 Å². The molecule has 5 rings (SSSR count). The number of benzene rings is 3. The molecule has 29 heavy (non-hydrogen) atoms. The molecule has 0 unspecified atom stereocenters. The zero-order valence-corrected chi connectivity index (χ0v) is 16.3. The van der Waals surface area contributed by atoms with E-state index in [9.17, 15) is 13.5 Å². The minimum Gasteiger partial charge on any atom is -0.508 e. The monoisotopic (exact) mass is 405 g/mol. The highest BCUT2D eigenvalue weighted by atomic mass is 32.2. The van der Waals surface area contributed by atoms with Gasteiger partial charge in [0, 0.05) is 11.4 Å². The van der Waals surface area contributed by atoms with E-state index in [1.807, 2.05) is 47.0 Å². The number of nitrogens with zero attached hydrogens (tertiary/aromatic N) is 2. The van der Waals surface area contributed by atoms with E-state index in [2.05, 4.69) is 9.71 Å². The predicted octanol–water partition coefficient (Wildman–Crippen LogP) is 4.30. The van der Waals surface area contributed by atoms with Crippen LogP contribution >= 0.6 is 0 Å². The van der Waals surface area contributed by atoms with E-state index >= 15 is 0 Å². The van der Waals surface area contributed by atoms with E-state index < -0.39 is 10.0 Å². The van der Waals surface area contributed by atoms with Crippen LogP contribution in [0, 0.1) is 0 Å². The lowest BCUT2D eigenvalue weighted by atomic mass is 10.1. The summed E-state index contributed by atoms with van der Waals surface area (Å²) in [5.74, 6) is 0.238. The number of aromatic hydroxyl groups is 1. The molecule has 7 heteroatoms. The number of aromatic nitrogens is 2. The highest BCUT2D eigenvalue weighted by molar-refractivity contribution is 7.93. The molecule has 1 aliphatic carbocycles. The lowest BCUT2D eigenvalue weighted by Gasteiger charge is -2.09. The van der Waals surface area contributed by atoms with Gasteiger partial charge in [0.1, 0.15) is 12.1 Å². The molecule has 0 aliphatic heterocycles. The third-order valence-electron chi connectivity index (χ3n) is 5.12. The first-order chi connectivity index (χ1) is 14.0. The van der Waals surface area contributed by atoms with Crippen molar-refractivity contribution in [2.75, 3.05) is 4.72 Å². The molecule has 1 saturated carbocycles. The summed E-state index contributed by atoms with van der Waals surface area (Å²) >= 11 is 0. The van der Waals surface area contributed by atoms with E-state index in [1.165, 1.54) is 0 Å². The third kappa shape index (κ3) is 3.45. The van der Waals surface area contributed by atoms with Crippen LogP contribution in [0.4, 0.5) is 5.69 Å². The Kier molecular flexibility index (Phi) is 4.06. The molecule has 0 amide bonds. The van der Waals surface area contributed by atoms with E-state index in [1.54, 1.807) is 30.6 Å². The van der Waals surface area contributed by atoms with Crippen LogP contribution in [-0.2, 0) is 10.0 Å². The number of anilines is 1. The van der Waals surface area contributed by atoms with Crippen molar-refractivity contribution in [1.82, 2.24) is 9.55 Å². The second-order valence-corrected chi connectivity index (χ2v) is 9.22. The summed E-state index contributed by atoms with van der Waals surface area (Å²) in [7, 11) is -3.26. The van der Waals surface area contributed by atoms with Gasteiger partial charge in [-0.2, -0.15) is 0 Å². The largest absolute Gasteiger partial charge is 0.508 e. The average Bonchev–Trinajstić information content (AvgIpc) is 3.50. The quantitative estimate of drug-likeness (QED) is 0.518. The van der Waals surface area contributed by atoms with Gasteiger partial charge >= 0.3 is 0 Å². The summed E-state index contributed by atoms with van der Waals surface area (Å²) in [6, 6.07) is 20.4. The Balaban J connectivity index is 1.43. The first-order valence-corrected chi connectivity index (χ1v) is 10.9. The van der Waals surface area contributed by atoms with Gasteiger partial charge in [0.25, 0.3) is 0 Å². The fourth-order valence-electron chi connectivity index (χ4n) is 3.37. The van der Waals surface area contributed by atoms with Gasteiger partial charge in [-0.25, -0.2) is 13.4 Å². The molecule has 0 saturated heterocycles. The minimum atomic E-state index is -3.26. The summed E-state index contributed by atoms with van der Waals surface area (Å²) in [5.41, 5.74) is 5.31. The second-order valence-electron chi connectivity index (χ2n) is 7.26. The van der Waals surface area contributed by atoms with Crippen molar-refractivity contribution >= 4 is 26.7 Å². The maximum Gasteiger partial charge on any atom is 0.235 e. The van der Waals surface area contributed by atoms with Gasteiger partial charge in [-0.1, -0.05) is 18.2 Å². The molecule has 3 aromatic carbocycles. The molecular formula is C22H19N3O3S. The maximum absolute atomic E-state index is 12.1. The molecule has 146 valence electrons. The van der Waals surface area contributed by atoms with Crippen LogP contribution in [0.2, 0.25) is 0 Å². The van der Waals surface area contributed by atoms with Gasteiger partial charge < -0.3 is 5.11 Å². The fourth-order valence-corrected chi connectivity index (χ4v) is 4.76. The molecular weight excluding hydrogens is 386 g/mol. The Bertz CT molecular complexity index is 1290. The number of imidazole rings is 1. The normalized spacial score (nSPS) is 14.2. The maximum atomic E-state index is 12.1. The Morgan fingerprint density at radius 3 is 2.31 bits per heavy atom. The lowest BCUT2D eigenvalue weighted by Crippen LogP contribution is -2.17. The van der Waals surface area contributed by atoms with Gasteiger partial charge in [-0.15, -0.1) is 0 Å². The molecule has 6 nitrogen and oxygen atoms in total. The number of sulfonamides is 1. The average molecular weight is 405 g/mol. The molecule has 2 N–H and O–H groups in total. The Hall–Kier alpha value is -3.32. The van der Waals surface area contributed by atoms with Crippen LogP contribution in [0.25, 0.3) is 27.8 Å². The predicted molar refractivity (Wildman–Crippen MR) is 114 cm³/mol. The van der Waals surface area contributed by atoms with E-state index in [-0.39, 0.29) is 11.0 Å². The molecule has 1 fully saturated rings. The zero-order chi connectivity index (χ0) is 20.0.